The zero-order valence-corrected chi connectivity index (χ0v) is 22.9. The van der Waals surface area contributed by atoms with Crippen molar-refractivity contribution >= 4 is 11.5 Å². The molecule has 0 bridgehead atoms. The number of phenols is 1. The predicted octanol–water partition coefficient (Wildman–Crippen LogP) is 8.42. The smallest absolute Gasteiger partial charge is 0.309 e. The van der Waals surface area contributed by atoms with Crippen molar-refractivity contribution in [1.29, 1.82) is 0 Å². The van der Waals surface area contributed by atoms with Crippen LogP contribution >= 0.6 is 0 Å². The van der Waals surface area contributed by atoms with Crippen molar-refractivity contribution < 1.29 is 45.7 Å². The molecule has 1 saturated carbocycles. The Kier molecular flexibility index (Phi) is 7.98. The standard InChI is InChI=1S/C33H28F6O4/c34-27-20(9-10-22(29(27)36)23-11-12-24(26-15-42-26)31(38)30(23)37)17-5-7-19(8-6-17)43-33(41)18-3-1-16(2-4-18)21-13-14-25(40)32(39)28(21)35/h5,9-14,16,18-19,26,40H,1-4,6-8,15H2. The van der Waals surface area contributed by atoms with E-state index in [0.717, 1.165) is 6.07 Å². The third-order valence-electron chi connectivity index (χ3n) is 8.75. The van der Waals surface area contributed by atoms with Gasteiger partial charge in [-0.1, -0.05) is 36.4 Å². The largest absolute Gasteiger partial charge is 0.505 e. The quantitative estimate of drug-likeness (QED) is 0.175. The molecule has 0 amide bonds. The minimum atomic E-state index is -1.29. The maximum atomic E-state index is 15.2. The molecule has 4 nitrogen and oxygen atoms in total. The van der Waals surface area contributed by atoms with Crippen molar-refractivity contribution in [2.45, 2.75) is 63.1 Å². The summed E-state index contributed by atoms with van der Waals surface area (Å²) >= 11 is 0. The number of esters is 1. The van der Waals surface area contributed by atoms with Crippen LogP contribution in [0.4, 0.5) is 26.3 Å². The van der Waals surface area contributed by atoms with Gasteiger partial charge in [0, 0.05) is 28.7 Å². The molecule has 1 N–H and O–H groups in total. The monoisotopic (exact) mass is 602 g/mol. The molecule has 0 spiro atoms. The lowest BCUT2D eigenvalue weighted by atomic mass is 9.78. The highest BCUT2D eigenvalue weighted by atomic mass is 19.2. The van der Waals surface area contributed by atoms with Gasteiger partial charge in [0.25, 0.3) is 0 Å². The lowest BCUT2D eigenvalue weighted by Crippen LogP contribution is -2.28. The first-order valence-corrected chi connectivity index (χ1v) is 14.3. The first-order valence-electron chi connectivity index (χ1n) is 14.3. The van der Waals surface area contributed by atoms with Crippen molar-refractivity contribution in [2.24, 2.45) is 5.92 Å². The number of hydrogen-bond acceptors (Lipinski definition) is 4. The molecule has 0 radical (unpaired) electrons. The van der Waals surface area contributed by atoms with Gasteiger partial charge >= 0.3 is 5.97 Å². The maximum Gasteiger partial charge on any atom is 0.309 e. The normalized spacial score (nSPS) is 23.5. The summed E-state index contributed by atoms with van der Waals surface area (Å²) in [7, 11) is 0. The van der Waals surface area contributed by atoms with Crippen LogP contribution < -0.4 is 0 Å². The Hall–Kier alpha value is -3.79. The molecule has 2 aliphatic carbocycles. The minimum Gasteiger partial charge on any atom is -0.505 e. The van der Waals surface area contributed by atoms with Crippen molar-refractivity contribution in [3.63, 3.8) is 0 Å². The van der Waals surface area contributed by atoms with Gasteiger partial charge in [-0.25, -0.2) is 22.0 Å². The van der Waals surface area contributed by atoms with Crippen LogP contribution in [0.2, 0.25) is 0 Å². The number of epoxide rings is 1. The number of hydrogen-bond donors (Lipinski definition) is 1. The molecule has 3 aromatic rings. The summed E-state index contributed by atoms with van der Waals surface area (Å²) < 4.78 is 98.2. The number of aromatic hydroxyl groups is 1. The van der Waals surface area contributed by atoms with Crippen molar-refractivity contribution in [1.82, 2.24) is 0 Å². The van der Waals surface area contributed by atoms with Crippen LogP contribution in [-0.4, -0.2) is 23.8 Å². The molecule has 2 fully saturated rings. The Balaban J connectivity index is 1.07. The second-order valence-corrected chi connectivity index (χ2v) is 11.4. The molecule has 3 aromatic carbocycles. The predicted molar refractivity (Wildman–Crippen MR) is 145 cm³/mol. The van der Waals surface area contributed by atoms with E-state index < -0.39 is 58.4 Å². The fourth-order valence-corrected chi connectivity index (χ4v) is 6.19. The van der Waals surface area contributed by atoms with E-state index in [2.05, 4.69) is 0 Å². The Labute approximate surface area is 243 Å². The molecular formula is C33H28F6O4. The Morgan fingerprint density at radius 2 is 1.30 bits per heavy atom. The van der Waals surface area contributed by atoms with Crippen LogP contribution in [0.1, 0.15) is 73.7 Å². The van der Waals surface area contributed by atoms with Crippen molar-refractivity contribution in [3.8, 4) is 16.9 Å². The van der Waals surface area contributed by atoms with E-state index in [1.54, 1.807) is 6.08 Å². The fourth-order valence-electron chi connectivity index (χ4n) is 6.19. The highest BCUT2D eigenvalue weighted by molar-refractivity contribution is 5.74. The third-order valence-corrected chi connectivity index (χ3v) is 8.75. The Morgan fingerprint density at radius 1 is 0.721 bits per heavy atom. The zero-order valence-electron chi connectivity index (χ0n) is 22.9. The summed E-state index contributed by atoms with van der Waals surface area (Å²) in [6.07, 6.45) is 3.51. The van der Waals surface area contributed by atoms with Gasteiger partial charge in [-0.05, 0) is 61.6 Å². The molecule has 1 heterocycles. The molecule has 6 rings (SSSR count). The number of benzene rings is 3. The topological polar surface area (TPSA) is 59.1 Å². The average molecular weight is 603 g/mol. The van der Waals surface area contributed by atoms with E-state index in [1.165, 1.54) is 30.3 Å². The lowest BCUT2D eigenvalue weighted by Gasteiger charge is -2.30. The second-order valence-electron chi connectivity index (χ2n) is 11.4. The number of phenolic OH excluding ortho intramolecular Hbond substituents is 1. The van der Waals surface area contributed by atoms with Gasteiger partial charge < -0.3 is 14.6 Å². The number of carbonyl (C=O) groups is 1. The zero-order chi connectivity index (χ0) is 30.4. The molecule has 10 heteroatoms. The minimum absolute atomic E-state index is 0.00568. The van der Waals surface area contributed by atoms with Gasteiger partial charge in [0.15, 0.2) is 34.8 Å². The molecule has 1 saturated heterocycles. The summed E-state index contributed by atoms with van der Waals surface area (Å²) in [6.45, 7) is 0.275. The van der Waals surface area contributed by atoms with Crippen LogP contribution in [0.25, 0.3) is 16.7 Å². The van der Waals surface area contributed by atoms with Crippen LogP contribution in [0, 0.1) is 40.8 Å². The SMILES string of the molecule is O=C(OC1CC=C(c2ccc(-c3ccc(C4CO4)c(F)c3F)c(F)c2F)CC1)C1CCC(c2ccc(O)c(F)c2F)CC1. The Morgan fingerprint density at radius 3 is 1.95 bits per heavy atom. The summed E-state index contributed by atoms with van der Waals surface area (Å²) in [5, 5.41) is 9.35. The number of rotatable bonds is 6. The first kappa shape index (κ1) is 29.3. The van der Waals surface area contributed by atoms with Crippen molar-refractivity contribution in [2.75, 3.05) is 6.61 Å². The van der Waals surface area contributed by atoms with Gasteiger partial charge in [0.1, 0.15) is 12.2 Å². The first-order chi connectivity index (χ1) is 20.6. The second kappa shape index (κ2) is 11.7. The molecule has 226 valence electrons. The summed E-state index contributed by atoms with van der Waals surface area (Å²) in [5.74, 6) is -9.00. The van der Waals surface area contributed by atoms with Crippen LogP contribution in [0.5, 0.6) is 5.75 Å². The van der Waals surface area contributed by atoms with Gasteiger partial charge in [-0.2, -0.15) is 4.39 Å². The molecule has 0 aromatic heterocycles. The number of allylic oxidation sites excluding steroid dienone is 1. The van der Waals surface area contributed by atoms with E-state index in [4.69, 9.17) is 9.47 Å². The van der Waals surface area contributed by atoms with Gasteiger partial charge in [0.2, 0.25) is 5.82 Å². The molecule has 3 aliphatic rings. The van der Waals surface area contributed by atoms with E-state index in [9.17, 15) is 27.5 Å². The molecule has 1 aliphatic heterocycles. The van der Waals surface area contributed by atoms with Gasteiger partial charge in [0.05, 0.1) is 12.5 Å². The summed E-state index contributed by atoms with van der Waals surface area (Å²) in [5.41, 5.74) is -0.0308. The molecular weight excluding hydrogens is 574 g/mol. The molecule has 43 heavy (non-hydrogen) atoms. The van der Waals surface area contributed by atoms with Gasteiger partial charge in [-0.3, -0.25) is 4.79 Å². The lowest BCUT2D eigenvalue weighted by molar-refractivity contribution is -0.155. The highest BCUT2D eigenvalue weighted by Gasteiger charge is 2.33. The van der Waals surface area contributed by atoms with Crippen LogP contribution in [0.15, 0.2) is 42.5 Å². The molecule has 2 atom stereocenters. The van der Waals surface area contributed by atoms with Gasteiger partial charge in [-0.15, -0.1) is 0 Å². The van der Waals surface area contributed by atoms with Crippen LogP contribution in [0.3, 0.4) is 0 Å². The maximum absolute atomic E-state index is 15.2. The van der Waals surface area contributed by atoms with Crippen LogP contribution in [-0.2, 0) is 14.3 Å². The number of halogens is 6. The van der Waals surface area contributed by atoms with Crippen molar-refractivity contribution in [3.05, 3.63) is 94.1 Å². The van der Waals surface area contributed by atoms with E-state index in [1.807, 2.05) is 0 Å². The summed E-state index contributed by atoms with van der Waals surface area (Å²) in [4.78, 5) is 12.8. The number of carbonyl (C=O) groups excluding carboxylic acids is 1. The van der Waals surface area contributed by atoms with E-state index in [-0.39, 0.29) is 46.7 Å². The van der Waals surface area contributed by atoms with E-state index >= 15 is 8.78 Å². The summed E-state index contributed by atoms with van der Waals surface area (Å²) in [6, 6.07) is 7.57. The van der Waals surface area contributed by atoms with E-state index in [0.29, 0.717) is 50.5 Å². The third kappa shape index (κ3) is 5.64. The molecule has 2 unspecified atom stereocenters. The number of ether oxygens (including phenoxy) is 2. The average Bonchev–Trinajstić information content (AvgIpc) is 3.85. The fraction of sp³-hybridized carbons (Fsp3) is 0.364. The Bertz CT molecular complexity index is 1610. The highest BCUT2D eigenvalue weighted by Crippen LogP contribution is 2.41.